The summed E-state index contributed by atoms with van der Waals surface area (Å²) in [6.45, 7) is 3.53. The molecular formula is C11H18N2O4S. The number of nitrogens with zero attached hydrogens (tertiary/aromatic N) is 1. The van der Waals surface area contributed by atoms with E-state index in [4.69, 9.17) is 4.84 Å². The third-order valence-electron chi connectivity index (χ3n) is 3.35. The third-order valence-corrected chi connectivity index (χ3v) is 5.25. The van der Waals surface area contributed by atoms with Crippen molar-refractivity contribution in [1.29, 1.82) is 0 Å². The fraction of sp³-hybridized carbons (Fsp3) is 0.818. The van der Waals surface area contributed by atoms with Crippen molar-refractivity contribution in [2.75, 3.05) is 11.5 Å². The fourth-order valence-corrected chi connectivity index (χ4v) is 4.16. The zero-order chi connectivity index (χ0) is 13.4. The van der Waals surface area contributed by atoms with Gasteiger partial charge in [-0.1, -0.05) is 5.16 Å². The number of rotatable bonds is 3. The van der Waals surface area contributed by atoms with Gasteiger partial charge in [0.1, 0.15) is 0 Å². The van der Waals surface area contributed by atoms with Crippen LogP contribution < -0.4 is 5.32 Å². The van der Waals surface area contributed by atoms with Gasteiger partial charge in [0.05, 0.1) is 22.8 Å². The molecule has 0 aromatic carbocycles. The van der Waals surface area contributed by atoms with Crippen LogP contribution in [0.25, 0.3) is 0 Å². The van der Waals surface area contributed by atoms with E-state index in [2.05, 4.69) is 10.5 Å². The van der Waals surface area contributed by atoms with E-state index >= 15 is 0 Å². The second-order valence-electron chi connectivity index (χ2n) is 5.41. The summed E-state index contributed by atoms with van der Waals surface area (Å²) in [5, 5.41) is 6.33. The van der Waals surface area contributed by atoms with Crippen molar-refractivity contribution >= 4 is 21.6 Å². The van der Waals surface area contributed by atoms with E-state index in [-0.39, 0.29) is 11.5 Å². The lowest BCUT2D eigenvalue weighted by Gasteiger charge is -2.22. The van der Waals surface area contributed by atoms with Crippen LogP contribution in [0.3, 0.4) is 0 Å². The molecule has 0 spiro atoms. The van der Waals surface area contributed by atoms with Gasteiger partial charge in [0.2, 0.25) is 0 Å². The van der Waals surface area contributed by atoms with E-state index in [1.54, 1.807) is 6.92 Å². The van der Waals surface area contributed by atoms with Gasteiger partial charge in [-0.2, -0.15) is 0 Å². The van der Waals surface area contributed by atoms with Gasteiger partial charge >= 0.3 is 6.09 Å². The number of carbonyl (C=O) groups excluding carboxylic acids is 1. The van der Waals surface area contributed by atoms with Crippen LogP contribution in [-0.2, 0) is 14.7 Å². The topological polar surface area (TPSA) is 84.8 Å². The molecule has 1 saturated carbocycles. The predicted octanol–water partition coefficient (Wildman–Crippen LogP) is 1.08. The van der Waals surface area contributed by atoms with Gasteiger partial charge in [-0.15, -0.1) is 0 Å². The summed E-state index contributed by atoms with van der Waals surface area (Å²) in [7, 11) is -3.04. The number of carbonyl (C=O) groups is 1. The van der Waals surface area contributed by atoms with E-state index in [0.717, 1.165) is 18.6 Å². The summed E-state index contributed by atoms with van der Waals surface area (Å²) in [5.41, 5.74) is 0.0770. The van der Waals surface area contributed by atoms with Crippen molar-refractivity contribution in [2.24, 2.45) is 11.1 Å². The number of amides is 1. The van der Waals surface area contributed by atoms with E-state index in [9.17, 15) is 13.2 Å². The average Bonchev–Trinajstić information content (AvgIpc) is 3.03. The summed E-state index contributed by atoms with van der Waals surface area (Å²) in [6.07, 6.45) is 1.91. The van der Waals surface area contributed by atoms with Crippen molar-refractivity contribution in [3.63, 3.8) is 0 Å². The van der Waals surface area contributed by atoms with Crippen molar-refractivity contribution in [3.05, 3.63) is 0 Å². The Labute approximate surface area is 107 Å². The fourth-order valence-electron chi connectivity index (χ4n) is 2.07. The Morgan fingerprint density at radius 2 is 2.11 bits per heavy atom. The molecule has 1 saturated heterocycles. The molecule has 1 amide bonds. The minimum atomic E-state index is -3.04. The molecule has 0 aromatic heterocycles. The highest BCUT2D eigenvalue weighted by atomic mass is 32.2. The van der Waals surface area contributed by atoms with Crippen LogP contribution in [0.15, 0.2) is 5.16 Å². The largest absolute Gasteiger partial charge is 0.433 e. The van der Waals surface area contributed by atoms with Crippen LogP contribution in [0.4, 0.5) is 4.79 Å². The second kappa shape index (κ2) is 4.53. The minimum Gasteiger partial charge on any atom is -0.313 e. The quantitative estimate of drug-likeness (QED) is 0.474. The molecule has 1 aliphatic carbocycles. The first-order chi connectivity index (χ1) is 8.30. The highest BCUT2D eigenvalue weighted by Crippen LogP contribution is 2.30. The molecule has 2 fully saturated rings. The Morgan fingerprint density at radius 1 is 1.44 bits per heavy atom. The number of sulfone groups is 1. The van der Waals surface area contributed by atoms with E-state index in [0.29, 0.717) is 12.3 Å². The second-order valence-corrected chi connectivity index (χ2v) is 7.60. The first-order valence-electron chi connectivity index (χ1n) is 6.04. The van der Waals surface area contributed by atoms with E-state index in [1.807, 2.05) is 6.92 Å². The molecule has 1 heterocycles. The molecule has 0 aromatic rings. The van der Waals surface area contributed by atoms with Gasteiger partial charge in [0, 0.05) is 5.92 Å². The van der Waals surface area contributed by atoms with Crippen LogP contribution >= 0.6 is 0 Å². The summed E-state index contributed by atoms with van der Waals surface area (Å²) in [5.74, 6) is 0.509. The van der Waals surface area contributed by atoms with Gasteiger partial charge in [0.15, 0.2) is 9.84 Å². The summed E-state index contributed by atoms with van der Waals surface area (Å²) in [4.78, 5) is 16.3. The monoisotopic (exact) mass is 274 g/mol. The molecule has 1 atom stereocenters. The molecular weight excluding hydrogens is 256 g/mol. The lowest BCUT2D eigenvalue weighted by molar-refractivity contribution is 0.140. The molecule has 1 aliphatic heterocycles. The Balaban J connectivity index is 1.86. The van der Waals surface area contributed by atoms with Gasteiger partial charge < -0.3 is 5.32 Å². The summed E-state index contributed by atoms with van der Waals surface area (Å²) in [6, 6.07) is 0. The van der Waals surface area contributed by atoms with Crippen molar-refractivity contribution in [1.82, 2.24) is 5.32 Å². The van der Waals surface area contributed by atoms with Gasteiger partial charge in [-0.25, -0.2) is 13.2 Å². The SMILES string of the molecule is C/C(=N\OC(=O)N[C@]1(C)CCS(=O)(=O)C1)C1CC1. The van der Waals surface area contributed by atoms with Gasteiger partial charge in [-0.3, -0.25) is 4.84 Å². The van der Waals surface area contributed by atoms with Crippen LogP contribution in [-0.4, -0.2) is 37.3 Å². The smallest absolute Gasteiger partial charge is 0.313 e. The normalized spacial score (nSPS) is 31.1. The Kier molecular flexibility index (Phi) is 3.35. The molecule has 2 rings (SSSR count). The maximum atomic E-state index is 11.5. The zero-order valence-corrected chi connectivity index (χ0v) is 11.4. The highest BCUT2D eigenvalue weighted by molar-refractivity contribution is 7.91. The molecule has 2 aliphatic rings. The van der Waals surface area contributed by atoms with Gasteiger partial charge in [-0.05, 0) is 33.1 Å². The van der Waals surface area contributed by atoms with Crippen LogP contribution in [0, 0.1) is 5.92 Å². The lowest BCUT2D eigenvalue weighted by Crippen LogP contribution is -2.46. The molecule has 0 bridgehead atoms. The van der Waals surface area contributed by atoms with Crippen molar-refractivity contribution < 1.29 is 18.0 Å². The number of hydrogen-bond acceptors (Lipinski definition) is 5. The molecule has 18 heavy (non-hydrogen) atoms. The Morgan fingerprint density at radius 3 is 2.61 bits per heavy atom. The number of nitrogens with one attached hydrogen (secondary N) is 1. The van der Waals surface area contributed by atoms with E-state index < -0.39 is 21.5 Å². The molecule has 1 N–H and O–H groups in total. The van der Waals surface area contributed by atoms with Gasteiger partial charge in [0.25, 0.3) is 0 Å². The highest BCUT2D eigenvalue weighted by Gasteiger charge is 2.40. The standard InChI is InChI=1S/C11H18N2O4S/c1-8(9-3-4-9)13-17-10(14)12-11(2)5-6-18(15,16)7-11/h9H,3-7H2,1-2H3,(H,12,14)/b13-8+/t11-/m1/s1. The van der Waals surface area contributed by atoms with Crippen molar-refractivity contribution in [2.45, 2.75) is 38.6 Å². The maximum absolute atomic E-state index is 11.5. The molecule has 102 valence electrons. The van der Waals surface area contributed by atoms with Crippen LogP contribution in [0.2, 0.25) is 0 Å². The molecule has 7 heteroatoms. The van der Waals surface area contributed by atoms with Crippen molar-refractivity contribution in [3.8, 4) is 0 Å². The lowest BCUT2D eigenvalue weighted by atomic mass is 10.0. The predicted molar refractivity (Wildman–Crippen MR) is 67.1 cm³/mol. The van der Waals surface area contributed by atoms with Crippen LogP contribution in [0.1, 0.15) is 33.1 Å². The molecule has 0 radical (unpaired) electrons. The number of oxime groups is 1. The van der Waals surface area contributed by atoms with E-state index in [1.165, 1.54) is 0 Å². The zero-order valence-electron chi connectivity index (χ0n) is 10.6. The summed E-state index contributed by atoms with van der Waals surface area (Å²) >= 11 is 0. The third kappa shape index (κ3) is 3.44. The Bertz CT molecular complexity index is 481. The molecule has 6 nitrogen and oxygen atoms in total. The Hall–Kier alpha value is -1.11. The minimum absolute atomic E-state index is 0.0412. The first-order valence-corrected chi connectivity index (χ1v) is 7.86. The van der Waals surface area contributed by atoms with Crippen LogP contribution in [0.5, 0.6) is 0 Å². The molecule has 0 unspecified atom stereocenters. The number of hydrogen-bond donors (Lipinski definition) is 1. The summed E-state index contributed by atoms with van der Waals surface area (Å²) < 4.78 is 22.7. The average molecular weight is 274 g/mol. The first kappa shape index (κ1) is 13.3. The maximum Gasteiger partial charge on any atom is 0.433 e.